The van der Waals surface area contributed by atoms with Crippen molar-refractivity contribution in [1.82, 2.24) is 0 Å². The van der Waals surface area contributed by atoms with E-state index in [1.807, 2.05) is 0 Å². The molecule has 214 valence electrons. The molecule has 2 rings (SSSR count). The summed E-state index contributed by atoms with van der Waals surface area (Å²) in [5.41, 5.74) is 1.28. The molecule has 0 fully saturated rings. The first kappa shape index (κ1) is 33.7. The fourth-order valence-corrected chi connectivity index (χ4v) is 4.89. The lowest BCUT2D eigenvalue weighted by atomic mass is 10.0. The normalized spacial score (nSPS) is 11.1. The fourth-order valence-electron chi connectivity index (χ4n) is 4.89. The van der Waals surface area contributed by atoms with Crippen LogP contribution in [0.3, 0.4) is 0 Å². The van der Waals surface area contributed by atoms with Crippen LogP contribution in [0, 0.1) is 0 Å². The van der Waals surface area contributed by atoms with Crippen LogP contribution >= 0.6 is 0 Å². The Hall–Kier alpha value is -2.33. The molecule has 2 aromatic rings. The summed E-state index contributed by atoms with van der Waals surface area (Å²) in [4.78, 5) is 10.2. The predicted molar refractivity (Wildman–Crippen MR) is 160 cm³/mol. The second-order valence-corrected chi connectivity index (χ2v) is 11.4. The van der Waals surface area contributed by atoms with Crippen LogP contribution in [-0.4, -0.2) is 36.2 Å². The number of nitrogens with zero attached hydrogens (tertiary/aromatic N) is 1. The number of hydrogen-bond acceptors (Lipinski definition) is 2. The van der Waals surface area contributed by atoms with E-state index in [4.69, 9.17) is 5.11 Å². The summed E-state index contributed by atoms with van der Waals surface area (Å²) in [7, 11) is 4.75. The Balaban J connectivity index is 0.000000600. The summed E-state index contributed by atoms with van der Waals surface area (Å²) >= 11 is 0. The van der Waals surface area contributed by atoms with Crippen molar-refractivity contribution in [3.8, 4) is 5.75 Å². The molecule has 38 heavy (non-hydrogen) atoms. The average molecular weight is 526 g/mol. The first-order valence-corrected chi connectivity index (χ1v) is 15.2. The van der Waals surface area contributed by atoms with Gasteiger partial charge < -0.3 is 14.7 Å². The van der Waals surface area contributed by atoms with Gasteiger partial charge in [0.15, 0.2) is 0 Å². The molecule has 0 spiro atoms. The second kappa shape index (κ2) is 21.6. The summed E-state index contributed by atoms with van der Waals surface area (Å²) in [5, 5.41) is 19.0. The van der Waals surface area contributed by atoms with E-state index in [9.17, 15) is 9.90 Å². The molecule has 0 aromatic heterocycles. The lowest BCUT2D eigenvalue weighted by Crippen LogP contribution is -2.39. The summed E-state index contributed by atoms with van der Waals surface area (Å²) < 4.78 is 1.11. The lowest BCUT2D eigenvalue weighted by molar-refractivity contribution is -0.903. The smallest absolute Gasteiger partial charge is 0.335 e. The summed E-state index contributed by atoms with van der Waals surface area (Å²) in [6, 6.07) is 16.5. The molecule has 0 amide bonds. The van der Waals surface area contributed by atoms with Crippen molar-refractivity contribution in [3.05, 3.63) is 65.7 Å². The third-order valence-corrected chi connectivity index (χ3v) is 7.19. The number of carbonyl (C=O) groups is 1. The minimum atomic E-state index is -1.18. The molecule has 0 bridgehead atoms. The van der Waals surface area contributed by atoms with Crippen molar-refractivity contribution in [3.63, 3.8) is 0 Å². The zero-order valence-electron chi connectivity index (χ0n) is 24.6. The van der Waals surface area contributed by atoms with Crippen molar-refractivity contribution in [1.29, 1.82) is 0 Å². The summed E-state index contributed by atoms with van der Waals surface area (Å²) in [6.07, 6.45) is 23.2. The first-order chi connectivity index (χ1) is 18.4. The minimum absolute atomic E-state index is 0.178. The molecule has 0 saturated heterocycles. The van der Waals surface area contributed by atoms with Crippen LogP contribution in [0.5, 0.6) is 5.75 Å². The van der Waals surface area contributed by atoms with Crippen LogP contribution in [-0.2, 0) is 6.54 Å². The summed E-state index contributed by atoms with van der Waals surface area (Å²) in [5.74, 6) is -1.62. The van der Waals surface area contributed by atoms with Gasteiger partial charge in [0.1, 0.15) is 6.54 Å². The average Bonchev–Trinajstić information content (AvgIpc) is 2.89. The molecule has 0 aliphatic rings. The van der Waals surface area contributed by atoms with E-state index in [0.717, 1.165) is 11.0 Å². The van der Waals surface area contributed by atoms with E-state index >= 15 is 0 Å². The lowest BCUT2D eigenvalue weighted by Gasteiger charge is -2.30. The van der Waals surface area contributed by atoms with E-state index in [2.05, 4.69) is 51.4 Å². The monoisotopic (exact) mass is 525 g/mol. The Bertz CT molecular complexity index is 835. The molecule has 0 atom stereocenters. The van der Waals surface area contributed by atoms with Crippen LogP contribution in [0.1, 0.15) is 126 Å². The molecule has 0 radical (unpaired) electrons. The number of para-hydroxylation sites is 1. The molecule has 1 N–H and O–H groups in total. The van der Waals surface area contributed by atoms with E-state index < -0.39 is 11.7 Å². The Morgan fingerprint density at radius 1 is 0.658 bits per heavy atom. The zero-order valence-corrected chi connectivity index (χ0v) is 24.6. The van der Waals surface area contributed by atoms with Gasteiger partial charge in [0.05, 0.1) is 26.2 Å². The van der Waals surface area contributed by atoms with Gasteiger partial charge in [-0.2, -0.15) is 0 Å². The number of hydrogen-bond donors (Lipinski definition) is 1. The van der Waals surface area contributed by atoms with E-state index in [1.54, 1.807) is 0 Å². The fraction of sp³-hybridized carbons (Fsp3) is 0.618. The predicted octanol–water partition coefficient (Wildman–Crippen LogP) is 8.98. The van der Waals surface area contributed by atoms with Gasteiger partial charge in [0.2, 0.25) is 0 Å². The maximum atomic E-state index is 10.7. The summed E-state index contributed by atoms with van der Waals surface area (Å²) in [6.45, 7) is 4.75. The highest BCUT2D eigenvalue weighted by Gasteiger charge is 2.14. The van der Waals surface area contributed by atoms with Crippen LogP contribution in [0.15, 0.2) is 54.6 Å². The van der Waals surface area contributed by atoms with Gasteiger partial charge in [-0.1, -0.05) is 151 Å². The molecule has 0 aliphatic carbocycles. The first-order valence-electron chi connectivity index (χ1n) is 15.2. The molecule has 0 heterocycles. The standard InChI is InChI=1S/C27H50N.C7H6O3/c1-4-5-6-7-8-9-10-11-12-13-14-15-16-17-18-22-25-28(2,3)26-27-23-20-19-21-24-27;8-6-4-2-1-3-5(6)7(9)10/h19-21,23-24H,4-18,22,25-26H2,1-3H3;1-4,8H,(H,9,10)/q+1;/p-1. The topological polar surface area (TPSA) is 60.4 Å². The van der Waals surface area contributed by atoms with Gasteiger partial charge in [-0.25, -0.2) is 4.79 Å². The zero-order chi connectivity index (χ0) is 27.9. The molecule has 0 unspecified atom stereocenters. The Kier molecular flexibility index (Phi) is 19.1. The van der Waals surface area contributed by atoms with Gasteiger partial charge in [0.25, 0.3) is 0 Å². The van der Waals surface area contributed by atoms with Crippen molar-refractivity contribution in [2.24, 2.45) is 0 Å². The van der Waals surface area contributed by atoms with Crippen molar-refractivity contribution < 1.29 is 19.5 Å². The van der Waals surface area contributed by atoms with Gasteiger partial charge in [-0.15, -0.1) is 0 Å². The molecule has 0 saturated carbocycles. The van der Waals surface area contributed by atoms with Gasteiger partial charge in [0, 0.05) is 5.56 Å². The van der Waals surface area contributed by atoms with Gasteiger partial charge >= 0.3 is 5.97 Å². The second-order valence-electron chi connectivity index (χ2n) is 11.4. The number of rotatable bonds is 20. The maximum absolute atomic E-state index is 10.7. The minimum Gasteiger partial charge on any atom is -0.872 e. The quantitative estimate of drug-likeness (QED) is 0.139. The molecular weight excluding hydrogens is 470 g/mol. The number of benzene rings is 2. The number of carboxylic acids is 1. The highest BCUT2D eigenvalue weighted by atomic mass is 16.4. The number of quaternary nitrogens is 1. The third kappa shape index (κ3) is 18.0. The van der Waals surface area contributed by atoms with Gasteiger partial charge in [-0.05, 0) is 18.9 Å². The molecule has 0 aliphatic heterocycles. The van der Waals surface area contributed by atoms with E-state index in [0.29, 0.717) is 0 Å². The molecule has 4 heteroatoms. The largest absolute Gasteiger partial charge is 0.872 e. The van der Waals surface area contributed by atoms with Crippen LogP contribution in [0.2, 0.25) is 0 Å². The van der Waals surface area contributed by atoms with Crippen molar-refractivity contribution in [2.75, 3.05) is 20.6 Å². The highest BCUT2D eigenvalue weighted by Crippen LogP contribution is 2.15. The Labute approximate surface area is 233 Å². The SMILES string of the molecule is CCCCCCCCCCCCCCCCCC[N+](C)(C)Cc1ccccc1.O=C(O)c1ccccc1[O-]. The number of carboxylic acid groups (broad SMARTS) is 1. The number of unbranched alkanes of at least 4 members (excludes halogenated alkanes) is 15. The Morgan fingerprint density at radius 2 is 1.08 bits per heavy atom. The number of aromatic carboxylic acids is 1. The van der Waals surface area contributed by atoms with Gasteiger partial charge in [-0.3, -0.25) is 0 Å². The van der Waals surface area contributed by atoms with Crippen molar-refractivity contribution >= 4 is 5.97 Å². The van der Waals surface area contributed by atoms with Crippen LogP contribution < -0.4 is 5.11 Å². The van der Waals surface area contributed by atoms with E-state index in [-0.39, 0.29) is 5.56 Å². The van der Waals surface area contributed by atoms with Crippen molar-refractivity contribution in [2.45, 2.75) is 116 Å². The third-order valence-electron chi connectivity index (χ3n) is 7.19. The molecule has 2 aromatic carbocycles. The van der Waals surface area contributed by atoms with Crippen LogP contribution in [0.25, 0.3) is 0 Å². The molecule has 4 nitrogen and oxygen atoms in total. The highest BCUT2D eigenvalue weighted by molar-refractivity contribution is 5.90. The van der Waals surface area contributed by atoms with Crippen LogP contribution in [0.4, 0.5) is 0 Å². The maximum Gasteiger partial charge on any atom is 0.335 e. The van der Waals surface area contributed by atoms with E-state index in [1.165, 1.54) is 139 Å². The Morgan fingerprint density at radius 3 is 1.50 bits per heavy atom. The molecular formula is C34H55NO3.